The number of aromatic nitrogens is 3. The van der Waals surface area contributed by atoms with Gasteiger partial charge in [0, 0.05) is 51.1 Å². The van der Waals surface area contributed by atoms with Gasteiger partial charge in [-0.3, -0.25) is 4.79 Å². The number of hydrogen-bond acceptors (Lipinski definition) is 9. The van der Waals surface area contributed by atoms with E-state index in [0.717, 1.165) is 49.3 Å². The summed E-state index contributed by atoms with van der Waals surface area (Å²) in [6.07, 6.45) is 6.20. The standard InChI is InChI=1S/C31H38ClN7O3/c1-22-9-13-34-30(32)29(22)31(40)35-14-10-23(2)38-15-11-26(12-16-38)39(21-25-6-4-5-24(19-33)37-25)27-7-8-28(36-20-27)42-18-17-41-3/h4-9,13,20,23,26H,10-12,14-18,21H2,1-3H3,(H,35,40)/t23-/m1/s1. The monoisotopic (exact) mass is 591 g/mol. The first-order chi connectivity index (χ1) is 20.4. The van der Waals surface area contributed by atoms with Crippen LogP contribution in [0.25, 0.3) is 0 Å². The molecule has 0 aromatic carbocycles. The number of pyridine rings is 3. The number of carbonyl (C=O) groups excluding carboxylic acids is 1. The van der Waals surface area contributed by atoms with Gasteiger partial charge in [0.05, 0.1) is 36.3 Å². The van der Waals surface area contributed by atoms with Crippen molar-refractivity contribution >= 4 is 23.2 Å². The van der Waals surface area contributed by atoms with Crippen LogP contribution in [0.1, 0.15) is 53.5 Å². The van der Waals surface area contributed by atoms with Crippen LogP contribution in [0, 0.1) is 18.3 Å². The minimum Gasteiger partial charge on any atom is -0.475 e. The van der Waals surface area contributed by atoms with Gasteiger partial charge in [-0.1, -0.05) is 17.7 Å². The number of nitriles is 1. The van der Waals surface area contributed by atoms with Crippen LogP contribution in [-0.2, 0) is 11.3 Å². The Morgan fingerprint density at radius 3 is 2.71 bits per heavy atom. The summed E-state index contributed by atoms with van der Waals surface area (Å²) >= 11 is 6.15. The predicted molar refractivity (Wildman–Crippen MR) is 162 cm³/mol. The first-order valence-electron chi connectivity index (χ1n) is 14.2. The maximum absolute atomic E-state index is 12.7. The number of hydrogen-bond donors (Lipinski definition) is 1. The van der Waals surface area contributed by atoms with Crippen molar-refractivity contribution in [3.8, 4) is 11.9 Å². The van der Waals surface area contributed by atoms with Gasteiger partial charge in [0.1, 0.15) is 23.5 Å². The van der Waals surface area contributed by atoms with Crippen LogP contribution in [0.3, 0.4) is 0 Å². The van der Waals surface area contributed by atoms with E-state index in [9.17, 15) is 10.1 Å². The zero-order chi connectivity index (χ0) is 29.9. The summed E-state index contributed by atoms with van der Waals surface area (Å²) < 4.78 is 10.7. The molecule has 1 saturated heterocycles. The molecule has 0 aliphatic carbocycles. The van der Waals surface area contributed by atoms with Crippen molar-refractivity contribution in [2.45, 2.75) is 51.7 Å². The van der Waals surface area contributed by atoms with E-state index in [2.05, 4.69) is 43.1 Å². The summed E-state index contributed by atoms with van der Waals surface area (Å²) in [6, 6.07) is 14.0. The predicted octanol–water partition coefficient (Wildman–Crippen LogP) is 4.41. The van der Waals surface area contributed by atoms with Crippen LogP contribution in [0.2, 0.25) is 5.15 Å². The minimum absolute atomic E-state index is 0.190. The number of methoxy groups -OCH3 is 1. The highest BCUT2D eigenvalue weighted by atomic mass is 35.5. The molecule has 10 nitrogen and oxygen atoms in total. The highest BCUT2D eigenvalue weighted by Gasteiger charge is 2.28. The third-order valence-electron chi connectivity index (χ3n) is 7.59. The summed E-state index contributed by atoms with van der Waals surface area (Å²) in [5.41, 5.74) is 3.47. The van der Waals surface area contributed by atoms with E-state index >= 15 is 0 Å². The molecule has 3 aromatic heterocycles. The Morgan fingerprint density at radius 1 is 1.21 bits per heavy atom. The molecule has 4 heterocycles. The second-order valence-electron chi connectivity index (χ2n) is 10.4. The van der Waals surface area contributed by atoms with Crippen molar-refractivity contribution in [2.24, 2.45) is 0 Å². The number of aryl methyl sites for hydroxylation is 1. The number of halogens is 1. The number of anilines is 1. The highest BCUT2D eigenvalue weighted by Crippen LogP contribution is 2.27. The molecule has 1 fully saturated rings. The van der Waals surface area contributed by atoms with Crippen molar-refractivity contribution in [3.63, 3.8) is 0 Å². The first kappa shape index (κ1) is 31.2. The Kier molecular flexibility index (Phi) is 11.5. The lowest BCUT2D eigenvalue weighted by Crippen LogP contribution is -2.48. The van der Waals surface area contributed by atoms with Crippen molar-refractivity contribution in [3.05, 3.63) is 76.5 Å². The summed E-state index contributed by atoms with van der Waals surface area (Å²) in [5, 5.41) is 12.6. The van der Waals surface area contributed by atoms with E-state index in [-0.39, 0.29) is 17.1 Å². The molecule has 1 N–H and O–H groups in total. The molecule has 1 amide bonds. The fourth-order valence-corrected chi connectivity index (χ4v) is 5.49. The van der Waals surface area contributed by atoms with Crippen LogP contribution in [0.4, 0.5) is 5.69 Å². The Labute approximate surface area is 252 Å². The van der Waals surface area contributed by atoms with Gasteiger partial charge in [0.15, 0.2) is 0 Å². The Hall–Kier alpha value is -3.78. The normalized spacial score (nSPS) is 14.6. The third kappa shape index (κ3) is 8.38. The molecule has 0 unspecified atom stereocenters. The second kappa shape index (κ2) is 15.4. The molecule has 222 valence electrons. The molecule has 0 bridgehead atoms. The van der Waals surface area contributed by atoms with Gasteiger partial charge in [-0.25, -0.2) is 15.0 Å². The fourth-order valence-electron chi connectivity index (χ4n) is 5.19. The second-order valence-corrected chi connectivity index (χ2v) is 10.8. The van der Waals surface area contributed by atoms with Gasteiger partial charge < -0.3 is 24.6 Å². The molecular weight excluding hydrogens is 554 g/mol. The van der Waals surface area contributed by atoms with Crippen LogP contribution in [0.5, 0.6) is 5.88 Å². The summed E-state index contributed by atoms with van der Waals surface area (Å²) in [6.45, 7) is 7.99. The zero-order valence-electron chi connectivity index (χ0n) is 24.4. The van der Waals surface area contributed by atoms with Gasteiger partial charge in [-0.05, 0) is 62.9 Å². The molecule has 1 aliphatic heterocycles. The topological polar surface area (TPSA) is 116 Å². The maximum atomic E-state index is 12.7. The molecule has 0 saturated carbocycles. The third-order valence-corrected chi connectivity index (χ3v) is 7.88. The first-order valence-corrected chi connectivity index (χ1v) is 14.6. The number of ether oxygens (including phenoxy) is 2. The molecule has 0 spiro atoms. The summed E-state index contributed by atoms with van der Waals surface area (Å²) in [7, 11) is 1.64. The molecule has 42 heavy (non-hydrogen) atoms. The van der Waals surface area contributed by atoms with E-state index in [1.165, 1.54) is 0 Å². The zero-order valence-corrected chi connectivity index (χ0v) is 25.2. The Balaban J connectivity index is 1.36. The van der Waals surface area contributed by atoms with Gasteiger partial charge in [-0.15, -0.1) is 0 Å². The smallest absolute Gasteiger partial charge is 0.254 e. The van der Waals surface area contributed by atoms with Crippen LogP contribution in [0.15, 0.2) is 48.8 Å². The molecule has 0 radical (unpaired) electrons. The Morgan fingerprint density at radius 2 is 2.02 bits per heavy atom. The molecule has 1 atom stereocenters. The van der Waals surface area contributed by atoms with E-state index < -0.39 is 0 Å². The van der Waals surface area contributed by atoms with Crippen LogP contribution >= 0.6 is 11.6 Å². The molecular formula is C31H38ClN7O3. The van der Waals surface area contributed by atoms with Crippen LogP contribution in [-0.4, -0.2) is 77.8 Å². The average Bonchev–Trinajstić information content (AvgIpc) is 3.00. The van der Waals surface area contributed by atoms with Crippen molar-refractivity contribution in [1.29, 1.82) is 5.26 Å². The number of carbonyl (C=O) groups is 1. The quantitative estimate of drug-likeness (QED) is 0.228. The van der Waals surface area contributed by atoms with Crippen molar-refractivity contribution in [2.75, 3.05) is 44.9 Å². The minimum atomic E-state index is -0.190. The lowest BCUT2D eigenvalue weighted by molar-refractivity contribution is 0.0944. The van der Waals surface area contributed by atoms with E-state index in [1.807, 2.05) is 37.4 Å². The van der Waals surface area contributed by atoms with Crippen LogP contribution < -0.4 is 15.0 Å². The Bertz CT molecular complexity index is 1340. The average molecular weight is 592 g/mol. The fraction of sp³-hybridized carbons (Fsp3) is 0.452. The number of amides is 1. The van der Waals surface area contributed by atoms with E-state index in [1.54, 1.807) is 25.4 Å². The number of nitrogens with zero attached hydrogens (tertiary/aromatic N) is 6. The SMILES string of the molecule is COCCOc1ccc(N(Cc2cccc(C#N)n2)C2CCN([C@H](C)CCNC(=O)c3c(C)ccnc3Cl)CC2)cn1. The van der Waals surface area contributed by atoms with Gasteiger partial charge in [0.2, 0.25) is 5.88 Å². The lowest BCUT2D eigenvalue weighted by atomic mass is 10.00. The van der Waals surface area contributed by atoms with Crippen molar-refractivity contribution in [1.82, 2.24) is 25.2 Å². The molecule has 1 aliphatic rings. The lowest BCUT2D eigenvalue weighted by Gasteiger charge is -2.41. The number of likely N-dealkylation sites (tertiary alicyclic amines) is 1. The van der Waals surface area contributed by atoms with E-state index in [0.29, 0.717) is 49.5 Å². The summed E-state index contributed by atoms with van der Waals surface area (Å²) in [5.74, 6) is 0.363. The van der Waals surface area contributed by atoms with E-state index in [4.69, 9.17) is 21.1 Å². The maximum Gasteiger partial charge on any atom is 0.254 e. The molecule has 4 rings (SSSR count). The van der Waals surface area contributed by atoms with Gasteiger partial charge in [-0.2, -0.15) is 5.26 Å². The number of piperidine rings is 1. The van der Waals surface area contributed by atoms with Crippen molar-refractivity contribution < 1.29 is 14.3 Å². The molecule has 11 heteroatoms. The largest absolute Gasteiger partial charge is 0.475 e. The van der Waals surface area contributed by atoms with Gasteiger partial charge in [0.25, 0.3) is 5.91 Å². The molecule has 3 aromatic rings. The van der Waals surface area contributed by atoms with Gasteiger partial charge >= 0.3 is 0 Å². The summed E-state index contributed by atoms with van der Waals surface area (Å²) in [4.78, 5) is 30.6. The number of nitrogens with one attached hydrogen (secondary N) is 1. The number of rotatable bonds is 13. The highest BCUT2D eigenvalue weighted by molar-refractivity contribution is 6.32.